The fourth-order valence-corrected chi connectivity index (χ4v) is 7.38. The number of nitrogens with zero attached hydrogens (tertiary/aromatic N) is 3. The first-order valence-corrected chi connectivity index (χ1v) is 19.5. The predicted molar refractivity (Wildman–Crippen MR) is 207 cm³/mol. The number of anilines is 1. The molecule has 1 unspecified atom stereocenters. The number of benzene rings is 4. The molecule has 0 aliphatic carbocycles. The van der Waals surface area contributed by atoms with E-state index >= 15 is 0 Å². The van der Waals surface area contributed by atoms with Gasteiger partial charge in [0.05, 0.1) is 27.2 Å². The minimum Gasteiger partial charge on any atom is -0.497 e. The molecule has 55 heavy (non-hydrogen) atoms. The van der Waals surface area contributed by atoms with Gasteiger partial charge in [-0.1, -0.05) is 72.8 Å². The molecule has 16 heteroatoms. The minimum atomic E-state index is -2.35. The molecule has 1 aliphatic rings. The second-order valence-electron chi connectivity index (χ2n) is 12.5. The van der Waals surface area contributed by atoms with E-state index in [0.717, 1.165) is 16.7 Å². The van der Waals surface area contributed by atoms with E-state index in [1.54, 1.807) is 43.1 Å². The molecule has 14 nitrogen and oxygen atoms in total. The summed E-state index contributed by atoms with van der Waals surface area (Å²) in [6, 6.07) is 33.8. The Kier molecular flexibility index (Phi) is 11.6. The topological polar surface area (TPSA) is 165 Å². The van der Waals surface area contributed by atoms with Gasteiger partial charge in [0.15, 0.2) is 17.8 Å². The Morgan fingerprint density at radius 1 is 0.909 bits per heavy atom. The van der Waals surface area contributed by atoms with E-state index in [1.807, 2.05) is 84.9 Å². The van der Waals surface area contributed by atoms with Crippen molar-refractivity contribution >= 4 is 42.5 Å². The van der Waals surface area contributed by atoms with Crippen molar-refractivity contribution in [1.82, 2.24) is 19.5 Å². The quantitative estimate of drug-likeness (QED) is 0.0598. The van der Waals surface area contributed by atoms with Gasteiger partial charge >= 0.3 is 7.23 Å². The third-order valence-electron chi connectivity index (χ3n) is 9.16. The molecule has 0 saturated carbocycles. The number of hydrogen-bond acceptors (Lipinski definition) is 11. The summed E-state index contributed by atoms with van der Waals surface area (Å²) in [6.45, 7) is -0.342. The number of amides is 1. The van der Waals surface area contributed by atoms with Crippen molar-refractivity contribution in [1.29, 1.82) is 0 Å². The molecule has 0 bridgehead atoms. The van der Waals surface area contributed by atoms with E-state index in [2.05, 4.69) is 32.5 Å². The first-order valence-electron chi connectivity index (χ1n) is 17.2. The van der Waals surface area contributed by atoms with Crippen LogP contribution in [0.4, 0.5) is 5.95 Å². The number of aromatic nitrogens is 4. The molecule has 1 aliphatic heterocycles. The number of methoxy groups -OCH3 is 2. The maximum absolute atomic E-state index is 13.1. The molecule has 3 heterocycles. The predicted octanol–water partition coefficient (Wildman–Crippen LogP) is 6.42. The van der Waals surface area contributed by atoms with Crippen molar-refractivity contribution in [2.45, 2.75) is 30.5 Å². The maximum Gasteiger partial charge on any atom is 0.582 e. The van der Waals surface area contributed by atoms with Gasteiger partial charge in [0.2, 0.25) is 5.95 Å². The third kappa shape index (κ3) is 8.26. The number of fused-ring (bicyclic) bond motifs is 1. The third-order valence-corrected chi connectivity index (χ3v) is 9.89. The van der Waals surface area contributed by atoms with Gasteiger partial charge in [-0.2, -0.15) is 4.98 Å². The molecule has 0 spiro atoms. The number of hydrogen-bond donors (Lipinski definition) is 3. The smallest absolute Gasteiger partial charge is 0.497 e. The summed E-state index contributed by atoms with van der Waals surface area (Å²) in [5, 5.41) is 2.57. The highest BCUT2D eigenvalue weighted by Gasteiger charge is 2.45. The Hall–Kier alpha value is -5.57. The molecule has 4 atom stereocenters. The van der Waals surface area contributed by atoms with Gasteiger partial charge in [0.25, 0.3) is 11.5 Å². The van der Waals surface area contributed by atoms with Crippen molar-refractivity contribution in [3.8, 4) is 17.2 Å². The Labute approximate surface area is 321 Å². The number of nitrogens with one attached hydrogen (secondary N) is 2. The van der Waals surface area contributed by atoms with Crippen LogP contribution in [0, 0.1) is 0 Å². The fraction of sp³-hybridized carbons (Fsp3) is 0.231. The van der Waals surface area contributed by atoms with Gasteiger partial charge in [0.1, 0.15) is 53.5 Å². The van der Waals surface area contributed by atoms with Crippen molar-refractivity contribution < 1.29 is 37.6 Å². The van der Waals surface area contributed by atoms with Gasteiger partial charge in [-0.15, -0.1) is 4.52 Å². The summed E-state index contributed by atoms with van der Waals surface area (Å²) < 4.78 is 49.9. The lowest BCUT2D eigenvalue weighted by Gasteiger charge is -2.37. The summed E-state index contributed by atoms with van der Waals surface area (Å²) in [4.78, 5) is 37.1. The molecule has 0 radical (unpaired) electrons. The summed E-state index contributed by atoms with van der Waals surface area (Å²) in [6.07, 6.45) is -0.694. The molecule has 282 valence electrons. The van der Waals surface area contributed by atoms with Crippen LogP contribution in [0.25, 0.3) is 11.2 Å². The molecule has 1 saturated heterocycles. The van der Waals surface area contributed by atoms with Crippen molar-refractivity contribution in [2.75, 3.05) is 32.8 Å². The number of ether oxygens (including phenoxy) is 5. The van der Waals surface area contributed by atoms with Gasteiger partial charge in [0, 0.05) is 6.42 Å². The van der Waals surface area contributed by atoms with Crippen LogP contribution in [-0.2, 0) is 29.0 Å². The van der Waals surface area contributed by atoms with Gasteiger partial charge in [-0.05, 0) is 57.7 Å². The van der Waals surface area contributed by atoms with E-state index < -0.39 is 42.7 Å². The second-order valence-corrected chi connectivity index (χ2v) is 14.1. The summed E-state index contributed by atoms with van der Waals surface area (Å²) >= 11 is 4.05. The Morgan fingerprint density at radius 3 is 2.11 bits per heavy atom. The SMILES string of the molecule is COc1ccc(C(OC[C@H]2O[C@@H](n3cnc4c(=O)[nH]c(NC(=O)COc5ccccc5)nc43)C[C@@H]2O[P+](=O)S)(c2ccccc2)c2ccc(OC)cc2)cc1. The largest absolute Gasteiger partial charge is 0.582 e. The van der Waals surface area contributed by atoms with Crippen molar-refractivity contribution in [3.05, 3.63) is 143 Å². The molecule has 2 aromatic heterocycles. The average molecular weight is 783 g/mol. The van der Waals surface area contributed by atoms with Gasteiger partial charge in [-0.25, -0.2) is 4.98 Å². The van der Waals surface area contributed by atoms with Crippen LogP contribution in [0.1, 0.15) is 29.3 Å². The standard InChI is InChI=1S/C39H36N5O9PS/c1-48-28-17-13-26(14-18-28)39(25-9-5-3-6-10-25,27-15-19-29(49-2)20-16-27)51-22-32-31(53-54(47)55)21-34(52-32)44-24-40-35-36(44)42-38(43-37(35)46)41-33(45)23-50-30-11-7-4-8-12-30/h3-20,24,31-32,34H,21-23H2,1-2H3,(H2-,41,42,43,45,46,47,55)/p+1/t31-,32+,34+/m0/s1. The van der Waals surface area contributed by atoms with Crippen molar-refractivity contribution in [3.63, 3.8) is 0 Å². The molecule has 2 N–H and O–H groups in total. The number of H-pyrrole nitrogens is 1. The van der Waals surface area contributed by atoms with Crippen LogP contribution in [0.15, 0.2) is 120 Å². The number of carbonyl (C=O) groups excluding carboxylic acids is 1. The summed E-state index contributed by atoms with van der Waals surface area (Å²) in [5.41, 5.74) is 0.905. The lowest BCUT2D eigenvalue weighted by molar-refractivity contribution is -0.118. The van der Waals surface area contributed by atoms with Gasteiger partial charge in [-0.3, -0.25) is 24.5 Å². The molecule has 1 fully saturated rings. The molecule has 1 amide bonds. The average Bonchev–Trinajstić information content (AvgIpc) is 3.82. The summed E-state index contributed by atoms with van der Waals surface area (Å²) in [7, 11) is 0.864. The highest BCUT2D eigenvalue weighted by Crippen LogP contribution is 2.44. The lowest BCUT2D eigenvalue weighted by Crippen LogP contribution is -2.38. The number of carbonyl (C=O) groups is 1. The van der Waals surface area contributed by atoms with E-state index in [4.69, 9.17) is 28.2 Å². The van der Waals surface area contributed by atoms with E-state index in [0.29, 0.717) is 17.2 Å². The molecule has 4 aromatic carbocycles. The zero-order valence-electron chi connectivity index (χ0n) is 29.7. The van der Waals surface area contributed by atoms with Crippen LogP contribution in [0.5, 0.6) is 17.2 Å². The van der Waals surface area contributed by atoms with Crippen LogP contribution in [0.2, 0.25) is 0 Å². The Balaban J connectivity index is 1.19. The summed E-state index contributed by atoms with van der Waals surface area (Å²) in [5.74, 6) is 1.23. The zero-order chi connectivity index (χ0) is 38.4. The van der Waals surface area contributed by atoms with Crippen LogP contribution >= 0.6 is 19.5 Å². The van der Waals surface area contributed by atoms with Crippen LogP contribution in [-0.4, -0.2) is 65.1 Å². The molecule has 7 rings (SSSR count). The number of thiol groups is 1. The van der Waals surface area contributed by atoms with Crippen LogP contribution in [0.3, 0.4) is 0 Å². The minimum absolute atomic E-state index is 0.0293. The highest BCUT2D eigenvalue weighted by atomic mass is 32.7. The number of para-hydroxylation sites is 1. The van der Waals surface area contributed by atoms with Crippen LogP contribution < -0.4 is 25.1 Å². The number of aromatic amines is 1. The van der Waals surface area contributed by atoms with Crippen molar-refractivity contribution in [2.24, 2.45) is 0 Å². The van der Waals surface area contributed by atoms with E-state index in [-0.39, 0.29) is 36.7 Å². The fourth-order valence-electron chi connectivity index (χ4n) is 6.56. The molecule has 6 aromatic rings. The zero-order valence-corrected chi connectivity index (χ0v) is 31.5. The first kappa shape index (κ1) is 37.7. The highest BCUT2D eigenvalue weighted by molar-refractivity contribution is 8.39. The second kappa shape index (κ2) is 16.8. The van der Waals surface area contributed by atoms with Gasteiger partial charge < -0.3 is 23.7 Å². The molecular weight excluding hydrogens is 745 g/mol. The number of imidazole rings is 1. The number of rotatable bonds is 15. The molecular formula is C39H37N5O9PS+. The Bertz CT molecular complexity index is 2260. The first-order chi connectivity index (χ1) is 26.8. The van der Waals surface area contributed by atoms with E-state index in [1.165, 1.54) is 6.33 Å². The van der Waals surface area contributed by atoms with E-state index in [9.17, 15) is 14.2 Å². The monoisotopic (exact) mass is 782 g/mol. The Morgan fingerprint density at radius 2 is 1.51 bits per heavy atom. The normalized spacial score (nSPS) is 17.1. The maximum atomic E-state index is 13.1. The lowest BCUT2D eigenvalue weighted by atomic mass is 9.80.